The van der Waals surface area contributed by atoms with Crippen molar-refractivity contribution >= 4 is 38.9 Å². The van der Waals surface area contributed by atoms with Gasteiger partial charge in [-0.05, 0) is 42.5 Å². The van der Waals surface area contributed by atoms with E-state index in [0.29, 0.717) is 35.2 Å². The molecule has 1 aromatic heterocycles. The van der Waals surface area contributed by atoms with Gasteiger partial charge in [0.05, 0.1) is 22.8 Å². The second-order valence-electron chi connectivity index (χ2n) is 6.52. The number of nitrogens with one attached hydrogen (secondary N) is 2. The third-order valence-electron chi connectivity index (χ3n) is 4.55. The number of sulfonamides is 1. The third kappa shape index (κ3) is 5.40. The van der Waals surface area contributed by atoms with Gasteiger partial charge >= 0.3 is 0 Å². The predicted octanol–water partition coefficient (Wildman–Crippen LogP) is 3.00. The Morgan fingerprint density at radius 3 is 2.45 bits per heavy atom. The van der Waals surface area contributed by atoms with Gasteiger partial charge in [0, 0.05) is 23.8 Å². The van der Waals surface area contributed by atoms with Gasteiger partial charge in [-0.15, -0.1) is 0 Å². The molecule has 0 spiro atoms. The van der Waals surface area contributed by atoms with Crippen LogP contribution in [0.25, 0.3) is 5.69 Å². The summed E-state index contributed by atoms with van der Waals surface area (Å²) in [6.07, 6.45) is 2.91. The fourth-order valence-electron chi connectivity index (χ4n) is 2.97. The summed E-state index contributed by atoms with van der Waals surface area (Å²) in [4.78, 5) is 16.6. The summed E-state index contributed by atoms with van der Waals surface area (Å²) in [6, 6.07) is 11.4. The maximum atomic E-state index is 12.6. The molecular weight excluding hydrogens is 440 g/mol. The van der Waals surface area contributed by atoms with E-state index in [1.54, 1.807) is 44.2 Å². The lowest BCUT2D eigenvalue weighted by atomic mass is 10.2. The van der Waals surface area contributed by atoms with Crippen LogP contribution in [-0.4, -0.2) is 53.0 Å². The topological polar surface area (TPSA) is 109 Å². The monoisotopic (exact) mass is 462 g/mol. The van der Waals surface area contributed by atoms with Crippen LogP contribution in [0.4, 0.5) is 11.4 Å². The van der Waals surface area contributed by atoms with Crippen molar-refractivity contribution in [3.8, 4) is 5.69 Å². The van der Waals surface area contributed by atoms with Gasteiger partial charge in [0.15, 0.2) is 0 Å². The second kappa shape index (κ2) is 9.90. The van der Waals surface area contributed by atoms with Gasteiger partial charge in [0.1, 0.15) is 12.7 Å². The maximum Gasteiger partial charge on any atom is 0.243 e. The van der Waals surface area contributed by atoms with Crippen LogP contribution >= 0.6 is 11.6 Å². The summed E-state index contributed by atoms with van der Waals surface area (Å²) in [5, 5.41) is 10.3. The Bertz CT molecular complexity index is 1130. The van der Waals surface area contributed by atoms with Crippen LogP contribution < -0.4 is 10.6 Å². The van der Waals surface area contributed by atoms with Gasteiger partial charge in [-0.3, -0.25) is 4.79 Å². The van der Waals surface area contributed by atoms with Crippen molar-refractivity contribution in [3.63, 3.8) is 0 Å². The molecule has 2 N–H and O–H groups in total. The maximum absolute atomic E-state index is 12.6. The molecule has 31 heavy (non-hydrogen) atoms. The zero-order valence-corrected chi connectivity index (χ0v) is 18.7. The van der Waals surface area contributed by atoms with E-state index in [1.807, 2.05) is 0 Å². The summed E-state index contributed by atoms with van der Waals surface area (Å²) >= 11 is 6.06. The van der Waals surface area contributed by atoms with E-state index >= 15 is 0 Å². The highest BCUT2D eigenvalue weighted by molar-refractivity contribution is 7.89. The summed E-state index contributed by atoms with van der Waals surface area (Å²) in [5.41, 5.74) is 1.74. The molecule has 11 heteroatoms. The van der Waals surface area contributed by atoms with Crippen LogP contribution in [0.1, 0.15) is 13.8 Å². The van der Waals surface area contributed by atoms with E-state index in [2.05, 4.69) is 20.7 Å². The largest absolute Gasteiger partial charge is 0.376 e. The Morgan fingerprint density at radius 2 is 1.84 bits per heavy atom. The Morgan fingerprint density at radius 1 is 1.13 bits per heavy atom. The van der Waals surface area contributed by atoms with Crippen molar-refractivity contribution in [1.29, 1.82) is 0 Å². The molecule has 0 saturated carbocycles. The Labute approximate surface area is 186 Å². The third-order valence-corrected chi connectivity index (χ3v) is 6.85. The zero-order chi connectivity index (χ0) is 22.4. The Kier molecular flexibility index (Phi) is 7.26. The molecule has 0 fully saturated rings. The van der Waals surface area contributed by atoms with E-state index in [-0.39, 0.29) is 17.3 Å². The van der Waals surface area contributed by atoms with Crippen LogP contribution in [0.15, 0.2) is 60.0 Å². The number of rotatable bonds is 9. The van der Waals surface area contributed by atoms with Crippen molar-refractivity contribution in [2.75, 3.05) is 30.3 Å². The molecule has 0 aliphatic carbocycles. The minimum atomic E-state index is -3.52. The van der Waals surface area contributed by atoms with E-state index < -0.39 is 10.0 Å². The van der Waals surface area contributed by atoms with Gasteiger partial charge in [0.2, 0.25) is 15.9 Å². The van der Waals surface area contributed by atoms with Gasteiger partial charge < -0.3 is 10.6 Å². The summed E-state index contributed by atoms with van der Waals surface area (Å²) in [6.45, 7) is 4.37. The number of nitrogens with zero attached hydrogens (tertiary/aromatic N) is 4. The van der Waals surface area contributed by atoms with Crippen molar-refractivity contribution < 1.29 is 13.2 Å². The number of benzene rings is 2. The molecule has 0 aliphatic rings. The molecular formula is C20H23ClN6O3S. The SMILES string of the molecule is CCN(CC)S(=O)(=O)c1ccc(NCC(=O)Nc2cc(Cl)ccc2-n2cncn2)cc1. The minimum Gasteiger partial charge on any atom is -0.376 e. The molecule has 164 valence electrons. The van der Waals surface area contributed by atoms with E-state index in [1.165, 1.54) is 33.8 Å². The quantitative estimate of drug-likeness (QED) is 0.506. The molecule has 2 aromatic carbocycles. The summed E-state index contributed by atoms with van der Waals surface area (Å²) < 4.78 is 28.0. The number of carbonyl (C=O) groups is 1. The van der Waals surface area contributed by atoms with E-state index in [9.17, 15) is 13.2 Å². The molecule has 0 bridgehead atoms. The highest BCUT2D eigenvalue weighted by Crippen LogP contribution is 2.24. The normalized spacial score (nSPS) is 11.5. The molecule has 0 aliphatic heterocycles. The average Bonchev–Trinajstić information content (AvgIpc) is 3.28. The molecule has 0 atom stereocenters. The Hall–Kier alpha value is -2.95. The number of hydrogen-bond acceptors (Lipinski definition) is 6. The molecule has 1 amide bonds. The first-order valence-corrected chi connectivity index (χ1v) is 11.5. The lowest BCUT2D eigenvalue weighted by Gasteiger charge is -2.18. The van der Waals surface area contributed by atoms with Gasteiger partial charge in [-0.25, -0.2) is 18.1 Å². The van der Waals surface area contributed by atoms with E-state index in [0.717, 1.165) is 0 Å². The van der Waals surface area contributed by atoms with Crippen LogP contribution in [0.2, 0.25) is 5.02 Å². The fourth-order valence-corrected chi connectivity index (χ4v) is 4.60. The highest BCUT2D eigenvalue weighted by atomic mass is 35.5. The number of aromatic nitrogens is 3. The molecule has 0 unspecified atom stereocenters. The predicted molar refractivity (Wildman–Crippen MR) is 120 cm³/mol. The Balaban J connectivity index is 1.65. The lowest BCUT2D eigenvalue weighted by molar-refractivity contribution is -0.114. The van der Waals surface area contributed by atoms with Crippen LogP contribution in [0.3, 0.4) is 0 Å². The molecule has 1 heterocycles. The number of amides is 1. The standard InChI is InChI=1S/C20H23ClN6O3S/c1-3-26(4-2)31(29,30)17-8-6-16(7-9-17)23-12-20(28)25-18-11-15(21)5-10-19(18)27-14-22-13-24-27/h5-11,13-14,23H,3-4,12H2,1-2H3,(H,25,28). The van der Waals surface area contributed by atoms with Gasteiger partial charge in [0.25, 0.3) is 0 Å². The molecule has 3 rings (SSSR count). The highest BCUT2D eigenvalue weighted by Gasteiger charge is 2.21. The number of hydrogen-bond donors (Lipinski definition) is 2. The van der Waals surface area contributed by atoms with Crippen LogP contribution in [0, 0.1) is 0 Å². The molecule has 0 radical (unpaired) electrons. The molecule has 3 aromatic rings. The van der Waals surface area contributed by atoms with Crippen LogP contribution in [-0.2, 0) is 14.8 Å². The smallest absolute Gasteiger partial charge is 0.243 e. The first kappa shape index (κ1) is 22.7. The van der Waals surface area contributed by atoms with Crippen LogP contribution in [0.5, 0.6) is 0 Å². The molecule has 0 saturated heterocycles. The van der Waals surface area contributed by atoms with Crippen molar-refractivity contribution in [1.82, 2.24) is 19.1 Å². The summed E-state index contributed by atoms with van der Waals surface area (Å²) in [7, 11) is -3.52. The number of anilines is 2. The van der Waals surface area contributed by atoms with Crippen molar-refractivity contribution in [3.05, 3.63) is 60.1 Å². The zero-order valence-electron chi connectivity index (χ0n) is 17.1. The van der Waals surface area contributed by atoms with Gasteiger partial charge in [-0.1, -0.05) is 25.4 Å². The minimum absolute atomic E-state index is 0.0224. The first-order chi connectivity index (χ1) is 14.8. The number of halogens is 1. The van der Waals surface area contributed by atoms with Crippen molar-refractivity contribution in [2.45, 2.75) is 18.7 Å². The fraction of sp³-hybridized carbons (Fsp3) is 0.250. The average molecular weight is 463 g/mol. The summed E-state index contributed by atoms with van der Waals surface area (Å²) in [5.74, 6) is -0.302. The first-order valence-electron chi connectivity index (χ1n) is 9.63. The molecule has 9 nitrogen and oxygen atoms in total. The number of carbonyl (C=O) groups excluding carboxylic acids is 1. The van der Waals surface area contributed by atoms with Gasteiger partial charge in [-0.2, -0.15) is 9.40 Å². The lowest BCUT2D eigenvalue weighted by Crippen LogP contribution is -2.30. The van der Waals surface area contributed by atoms with E-state index in [4.69, 9.17) is 11.6 Å². The second-order valence-corrected chi connectivity index (χ2v) is 8.89. The van der Waals surface area contributed by atoms with Crippen molar-refractivity contribution in [2.24, 2.45) is 0 Å².